The molecule has 1 N–H and O–H groups in total. The average Bonchev–Trinajstić information content (AvgIpc) is 3.04. The quantitative estimate of drug-likeness (QED) is 0.662. The number of fused-ring (bicyclic) bond motifs is 1. The number of anilines is 1. The van der Waals surface area contributed by atoms with Gasteiger partial charge in [0.2, 0.25) is 0 Å². The Morgan fingerprint density at radius 3 is 2.73 bits per heavy atom. The van der Waals surface area contributed by atoms with Crippen LogP contribution in [-0.4, -0.2) is 44.3 Å². The van der Waals surface area contributed by atoms with Crippen LogP contribution >= 0.6 is 23.1 Å². The number of carbonyl (C=O) groups is 1. The third-order valence-corrected chi connectivity index (χ3v) is 5.93. The Morgan fingerprint density at radius 1 is 1.23 bits per heavy atom. The van der Waals surface area contributed by atoms with E-state index >= 15 is 0 Å². The molecule has 0 aliphatic heterocycles. The normalized spacial score (nSPS) is 11.3. The van der Waals surface area contributed by atoms with Gasteiger partial charge in [-0.2, -0.15) is 0 Å². The van der Waals surface area contributed by atoms with Crippen LogP contribution in [-0.2, 0) is 0 Å². The summed E-state index contributed by atoms with van der Waals surface area (Å²) in [5.41, 5.74) is 2.74. The smallest absolute Gasteiger partial charge is 0.260 e. The number of rotatable bonds is 6. The van der Waals surface area contributed by atoms with Gasteiger partial charge in [0.25, 0.3) is 5.91 Å². The van der Waals surface area contributed by atoms with Gasteiger partial charge >= 0.3 is 0 Å². The van der Waals surface area contributed by atoms with E-state index in [2.05, 4.69) is 32.5 Å². The van der Waals surface area contributed by atoms with Crippen LogP contribution in [0.25, 0.3) is 10.2 Å². The van der Waals surface area contributed by atoms with Crippen LogP contribution in [0.3, 0.4) is 0 Å². The molecule has 0 fully saturated rings. The number of amides is 1. The molecule has 3 rings (SSSR count). The highest BCUT2D eigenvalue weighted by atomic mass is 32.2. The van der Waals surface area contributed by atoms with Crippen molar-refractivity contribution in [2.24, 2.45) is 0 Å². The Labute approximate surface area is 162 Å². The van der Waals surface area contributed by atoms with Crippen molar-refractivity contribution in [1.82, 2.24) is 4.98 Å². The lowest BCUT2D eigenvalue weighted by molar-refractivity contribution is -0.856. The molecule has 136 valence electrons. The van der Waals surface area contributed by atoms with Crippen LogP contribution in [0.5, 0.6) is 0 Å². The monoisotopic (exact) mass is 386 g/mol. The van der Waals surface area contributed by atoms with Crippen LogP contribution in [0, 0.1) is 6.92 Å². The molecule has 1 heterocycles. The maximum atomic E-state index is 13.2. The highest BCUT2D eigenvalue weighted by Crippen LogP contribution is 2.32. The molecule has 26 heavy (non-hydrogen) atoms. The number of aromatic nitrogens is 1. The number of quaternary nitrogens is 1. The minimum Gasteiger partial charge on any atom is -0.338 e. The number of likely N-dealkylation sites (N-methyl/N-ethyl adjacent to an activating group) is 1. The summed E-state index contributed by atoms with van der Waals surface area (Å²) in [4.78, 5) is 22.3. The van der Waals surface area contributed by atoms with Gasteiger partial charge in [-0.1, -0.05) is 29.0 Å². The standard InChI is InChI=1S/C20H23N3OS2/c1-14-6-5-7-15(12-14)19(24)23(11-10-22(2)3)20-21-17-9-8-16(25-4)13-18(17)26-20/h5-9,12-13H,10-11H2,1-4H3/p+1. The number of carbonyl (C=O) groups excluding carboxylic acids is 1. The largest absolute Gasteiger partial charge is 0.338 e. The molecule has 1 amide bonds. The predicted molar refractivity (Wildman–Crippen MR) is 112 cm³/mol. The van der Waals surface area contributed by atoms with Crippen molar-refractivity contribution in [3.8, 4) is 0 Å². The molecule has 0 radical (unpaired) electrons. The average molecular weight is 387 g/mol. The molecule has 1 aromatic heterocycles. The summed E-state index contributed by atoms with van der Waals surface area (Å²) in [6.07, 6.45) is 2.07. The van der Waals surface area contributed by atoms with Crippen molar-refractivity contribution >= 4 is 44.4 Å². The van der Waals surface area contributed by atoms with Gasteiger partial charge in [0.05, 0.1) is 37.4 Å². The number of nitrogens with one attached hydrogen (secondary N) is 1. The van der Waals surface area contributed by atoms with Crippen molar-refractivity contribution in [3.05, 3.63) is 53.6 Å². The molecule has 0 bridgehead atoms. The molecule has 3 aromatic rings. The number of aryl methyl sites for hydroxylation is 1. The Kier molecular flexibility index (Phi) is 5.96. The van der Waals surface area contributed by atoms with E-state index in [0.29, 0.717) is 12.1 Å². The SMILES string of the molecule is CSc1ccc2nc(N(CC[NH+](C)C)C(=O)c3cccc(C)c3)sc2c1. The van der Waals surface area contributed by atoms with E-state index in [0.717, 1.165) is 27.5 Å². The molecule has 0 aliphatic carbocycles. The number of nitrogens with zero attached hydrogens (tertiary/aromatic N) is 2. The molecule has 0 unspecified atom stereocenters. The lowest BCUT2D eigenvalue weighted by Gasteiger charge is -2.21. The van der Waals surface area contributed by atoms with Crippen molar-refractivity contribution in [3.63, 3.8) is 0 Å². The summed E-state index contributed by atoms with van der Waals surface area (Å²) in [6.45, 7) is 3.51. The van der Waals surface area contributed by atoms with Gasteiger partial charge in [-0.05, 0) is 43.5 Å². The molecule has 2 aromatic carbocycles. The van der Waals surface area contributed by atoms with Crippen LogP contribution in [0.15, 0.2) is 47.4 Å². The van der Waals surface area contributed by atoms with Gasteiger partial charge in [0.1, 0.15) is 0 Å². The molecule has 0 saturated heterocycles. The fraction of sp³-hybridized carbons (Fsp3) is 0.300. The summed E-state index contributed by atoms with van der Waals surface area (Å²) < 4.78 is 1.12. The molecule has 6 heteroatoms. The molecule has 0 spiro atoms. The van der Waals surface area contributed by atoms with E-state index in [4.69, 9.17) is 4.98 Å². The van der Waals surface area contributed by atoms with E-state index < -0.39 is 0 Å². The first-order chi connectivity index (χ1) is 12.5. The van der Waals surface area contributed by atoms with Crippen LogP contribution in [0.2, 0.25) is 0 Å². The van der Waals surface area contributed by atoms with Crippen molar-refractivity contribution in [1.29, 1.82) is 0 Å². The van der Waals surface area contributed by atoms with Crippen LogP contribution in [0.1, 0.15) is 15.9 Å². The second kappa shape index (κ2) is 8.20. The number of thioether (sulfide) groups is 1. The Bertz CT molecular complexity index is 920. The van der Waals surface area contributed by atoms with E-state index in [1.54, 1.807) is 23.1 Å². The fourth-order valence-corrected chi connectivity index (χ4v) is 4.23. The van der Waals surface area contributed by atoms with Gasteiger partial charge in [0.15, 0.2) is 5.13 Å². The summed E-state index contributed by atoms with van der Waals surface area (Å²) in [7, 11) is 4.19. The maximum Gasteiger partial charge on any atom is 0.260 e. The zero-order chi connectivity index (χ0) is 18.7. The zero-order valence-corrected chi connectivity index (χ0v) is 17.2. The maximum absolute atomic E-state index is 13.2. The van der Waals surface area contributed by atoms with Gasteiger partial charge < -0.3 is 4.90 Å². The minimum atomic E-state index is 0.0131. The molecule has 4 nitrogen and oxygen atoms in total. The number of hydrogen-bond donors (Lipinski definition) is 1. The van der Waals surface area contributed by atoms with E-state index in [-0.39, 0.29) is 5.91 Å². The number of thiazole rings is 1. The van der Waals surface area contributed by atoms with Gasteiger partial charge in [0, 0.05) is 10.5 Å². The van der Waals surface area contributed by atoms with Gasteiger partial charge in [-0.25, -0.2) is 4.98 Å². The lowest BCUT2D eigenvalue weighted by atomic mass is 10.1. The van der Waals surface area contributed by atoms with E-state index in [1.165, 1.54) is 9.80 Å². The highest BCUT2D eigenvalue weighted by molar-refractivity contribution is 7.98. The van der Waals surface area contributed by atoms with Crippen LogP contribution in [0.4, 0.5) is 5.13 Å². The molecule has 0 atom stereocenters. The first-order valence-corrected chi connectivity index (χ1v) is 10.6. The van der Waals surface area contributed by atoms with E-state index in [9.17, 15) is 4.79 Å². The first kappa shape index (κ1) is 18.9. The third kappa shape index (κ3) is 4.26. The summed E-state index contributed by atoms with van der Waals surface area (Å²) in [6, 6.07) is 14.0. The van der Waals surface area contributed by atoms with Crippen molar-refractivity contribution < 1.29 is 9.69 Å². The van der Waals surface area contributed by atoms with E-state index in [1.807, 2.05) is 42.2 Å². The minimum absolute atomic E-state index is 0.0131. The highest BCUT2D eigenvalue weighted by Gasteiger charge is 2.22. The Balaban J connectivity index is 1.98. The summed E-state index contributed by atoms with van der Waals surface area (Å²) in [5.74, 6) is 0.0131. The third-order valence-electron chi connectivity index (χ3n) is 4.16. The molecule has 0 saturated carbocycles. The topological polar surface area (TPSA) is 37.6 Å². The lowest BCUT2D eigenvalue weighted by Crippen LogP contribution is -3.06. The molecular formula is C20H24N3OS2+. The summed E-state index contributed by atoms with van der Waals surface area (Å²) >= 11 is 3.30. The zero-order valence-electron chi connectivity index (χ0n) is 15.6. The number of hydrogen-bond acceptors (Lipinski definition) is 4. The first-order valence-electron chi connectivity index (χ1n) is 8.60. The predicted octanol–water partition coefficient (Wildman–Crippen LogP) is 3.12. The number of benzene rings is 2. The van der Waals surface area contributed by atoms with Crippen molar-refractivity contribution in [2.45, 2.75) is 11.8 Å². The van der Waals surface area contributed by atoms with Crippen molar-refractivity contribution in [2.75, 3.05) is 38.3 Å². The second-order valence-corrected chi connectivity index (χ2v) is 8.50. The van der Waals surface area contributed by atoms with Crippen LogP contribution < -0.4 is 9.80 Å². The Morgan fingerprint density at radius 2 is 2.04 bits per heavy atom. The molecule has 0 aliphatic rings. The second-order valence-electron chi connectivity index (χ2n) is 6.61. The fourth-order valence-electron chi connectivity index (χ4n) is 2.69. The Hall–Kier alpha value is -1.89. The summed E-state index contributed by atoms with van der Waals surface area (Å²) in [5, 5.41) is 0.769. The van der Waals surface area contributed by atoms with Gasteiger partial charge in [-0.15, -0.1) is 11.8 Å². The van der Waals surface area contributed by atoms with Gasteiger partial charge in [-0.3, -0.25) is 9.69 Å². The molecular weight excluding hydrogens is 362 g/mol.